The van der Waals surface area contributed by atoms with E-state index in [9.17, 15) is 19.8 Å². The van der Waals surface area contributed by atoms with Gasteiger partial charge in [0.15, 0.2) is 0 Å². The van der Waals surface area contributed by atoms with Gasteiger partial charge in [-0.25, -0.2) is 0 Å². The molecule has 0 heterocycles. The van der Waals surface area contributed by atoms with E-state index in [1.807, 2.05) is 143 Å². The van der Waals surface area contributed by atoms with Crippen molar-refractivity contribution in [1.29, 1.82) is 0 Å². The second kappa shape index (κ2) is 17.8. The molecular formula is C42H44N2O6. The second-order valence-electron chi connectivity index (χ2n) is 12.4. The molecule has 2 N–H and O–H groups in total. The fourth-order valence-corrected chi connectivity index (χ4v) is 6.21. The molecule has 258 valence electrons. The number of methoxy groups -OCH3 is 2. The van der Waals surface area contributed by atoms with Crippen molar-refractivity contribution in [2.75, 3.05) is 14.2 Å². The van der Waals surface area contributed by atoms with Gasteiger partial charge in [-0.15, -0.1) is 0 Å². The topological polar surface area (TPSA) is 99.5 Å². The summed E-state index contributed by atoms with van der Waals surface area (Å²) in [5.74, 6) is -0.361. The van der Waals surface area contributed by atoms with Crippen LogP contribution < -0.4 is 9.47 Å². The van der Waals surface area contributed by atoms with Crippen LogP contribution in [0.5, 0.6) is 11.5 Å². The van der Waals surface area contributed by atoms with Gasteiger partial charge >= 0.3 is 11.9 Å². The van der Waals surface area contributed by atoms with Gasteiger partial charge in [-0.05, 0) is 70.5 Å². The van der Waals surface area contributed by atoms with Crippen LogP contribution in [0.4, 0.5) is 0 Å². The van der Waals surface area contributed by atoms with Crippen molar-refractivity contribution in [3.05, 3.63) is 167 Å². The standard InChI is InChI=1S/C42H44N2O6/c1-49-37-21-17-33(18-22-37)27-43(39(41(45)46)25-31-11-5-3-6-12-31)29-35-15-9-10-16-36(35)30-44(28-34-19-23-38(50-2)24-20-34)40(42(47)48)26-32-13-7-4-8-14-32/h3-24,39-40H,25-30H2,1-2H3,(H,45,46)(H,47,48)/t39-,40-/m1/s1. The van der Waals surface area contributed by atoms with Crippen LogP contribution in [-0.2, 0) is 48.6 Å². The van der Waals surface area contributed by atoms with Gasteiger partial charge in [-0.2, -0.15) is 0 Å². The van der Waals surface area contributed by atoms with Gasteiger partial charge in [0.2, 0.25) is 0 Å². The summed E-state index contributed by atoms with van der Waals surface area (Å²) >= 11 is 0. The molecule has 0 saturated carbocycles. The summed E-state index contributed by atoms with van der Waals surface area (Å²) in [5, 5.41) is 21.2. The molecule has 0 unspecified atom stereocenters. The van der Waals surface area contributed by atoms with Crippen LogP contribution in [0.1, 0.15) is 33.4 Å². The third kappa shape index (κ3) is 10.0. The Balaban J connectivity index is 1.49. The minimum atomic E-state index is -0.908. The number of hydrogen-bond acceptors (Lipinski definition) is 6. The van der Waals surface area contributed by atoms with Crippen LogP contribution in [0, 0.1) is 0 Å². The average molecular weight is 673 g/mol. The lowest BCUT2D eigenvalue weighted by Crippen LogP contribution is -2.43. The maximum absolute atomic E-state index is 12.9. The SMILES string of the molecule is COc1ccc(CN(Cc2ccccc2CN(Cc2ccc(OC)cc2)[C@H](Cc2ccccc2)C(=O)O)[C@H](Cc2ccccc2)C(=O)O)cc1. The Bertz CT molecular complexity index is 1660. The molecule has 8 heteroatoms. The maximum atomic E-state index is 12.9. The van der Waals surface area contributed by atoms with E-state index in [2.05, 4.69) is 0 Å². The van der Waals surface area contributed by atoms with Crippen LogP contribution in [0.25, 0.3) is 0 Å². The Morgan fingerprint density at radius 3 is 1.14 bits per heavy atom. The summed E-state index contributed by atoms with van der Waals surface area (Å²) in [6.45, 7) is 1.48. The van der Waals surface area contributed by atoms with E-state index in [1.54, 1.807) is 14.2 Å². The van der Waals surface area contributed by atoms with E-state index in [0.29, 0.717) is 39.0 Å². The van der Waals surface area contributed by atoms with Crippen LogP contribution in [-0.4, -0.2) is 58.3 Å². The van der Waals surface area contributed by atoms with E-state index in [1.165, 1.54) is 0 Å². The fourth-order valence-electron chi connectivity index (χ4n) is 6.21. The highest BCUT2D eigenvalue weighted by molar-refractivity contribution is 5.74. The van der Waals surface area contributed by atoms with E-state index in [4.69, 9.17) is 9.47 Å². The highest BCUT2D eigenvalue weighted by Crippen LogP contribution is 2.25. The molecule has 0 bridgehead atoms. The van der Waals surface area contributed by atoms with Crippen LogP contribution >= 0.6 is 0 Å². The van der Waals surface area contributed by atoms with Crippen LogP contribution in [0.15, 0.2) is 133 Å². The molecule has 0 aliphatic heterocycles. The molecule has 2 atom stereocenters. The molecule has 0 aliphatic rings. The first-order chi connectivity index (χ1) is 24.3. The van der Waals surface area contributed by atoms with Crippen LogP contribution in [0.2, 0.25) is 0 Å². The smallest absolute Gasteiger partial charge is 0.321 e. The number of hydrogen-bond donors (Lipinski definition) is 2. The number of aliphatic carboxylic acids is 2. The summed E-state index contributed by atoms with van der Waals surface area (Å²) in [6.07, 6.45) is 0.659. The lowest BCUT2D eigenvalue weighted by atomic mass is 9.99. The van der Waals surface area contributed by atoms with Crippen molar-refractivity contribution >= 4 is 11.9 Å². The number of carboxylic acid groups (broad SMARTS) is 2. The maximum Gasteiger partial charge on any atom is 0.321 e. The lowest BCUT2D eigenvalue weighted by molar-refractivity contribution is -0.145. The lowest BCUT2D eigenvalue weighted by Gasteiger charge is -2.32. The largest absolute Gasteiger partial charge is 0.497 e. The molecule has 0 amide bonds. The Hall–Kier alpha value is -5.44. The third-order valence-corrected chi connectivity index (χ3v) is 8.95. The molecule has 0 saturated heterocycles. The van der Waals surface area contributed by atoms with Crippen LogP contribution in [0.3, 0.4) is 0 Å². The third-order valence-electron chi connectivity index (χ3n) is 8.95. The molecule has 5 rings (SSSR count). The zero-order valence-corrected chi connectivity index (χ0v) is 28.5. The van der Waals surface area contributed by atoms with Crippen molar-refractivity contribution in [2.45, 2.75) is 51.1 Å². The van der Waals surface area contributed by atoms with Crippen molar-refractivity contribution < 1.29 is 29.3 Å². The van der Waals surface area contributed by atoms with Gasteiger partial charge in [-0.3, -0.25) is 19.4 Å². The summed E-state index contributed by atoms with van der Waals surface area (Å²) in [7, 11) is 3.23. The van der Waals surface area contributed by atoms with Gasteiger partial charge in [0.25, 0.3) is 0 Å². The highest BCUT2D eigenvalue weighted by atomic mass is 16.5. The van der Waals surface area contributed by atoms with Gasteiger partial charge in [0.05, 0.1) is 14.2 Å². The fraction of sp³-hybridized carbons (Fsp3) is 0.238. The number of carbonyl (C=O) groups is 2. The number of rotatable bonds is 18. The number of ether oxygens (including phenoxy) is 2. The molecule has 8 nitrogen and oxygen atoms in total. The van der Waals surface area contributed by atoms with Crippen molar-refractivity contribution in [2.24, 2.45) is 0 Å². The molecular weight excluding hydrogens is 628 g/mol. The summed E-state index contributed by atoms with van der Waals surface area (Å²) in [4.78, 5) is 29.8. The molecule has 0 fully saturated rings. The Labute approximate surface area is 294 Å². The molecule has 0 spiro atoms. The zero-order valence-electron chi connectivity index (χ0n) is 28.5. The minimum absolute atomic E-state index is 0.330. The van der Waals surface area contributed by atoms with Gasteiger partial charge < -0.3 is 19.7 Å². The second-order valence-corrected chi connectivity index (χ2v) is 12.4. The molecule has 0 radical (unpaired) electrons. The van der Waals surface area contributed by atoms with Gasteiger partial charge in [-0.1, -0.05) is 109 Å². The molecule has 0 aliphatic carbocycles. The predicted molar refractivity (Wildman–Crippen MR) is 194 cm³/mol. The van der Waals surface area contributed by atoms with Gasteiger partial charge in [0.1, 0.15) is 23.6 Å². The first kappa shape index (κ1) is 35.9. The van der Waals surface area contributed by atoms with Crippen molar-refractivity contribution in [3.63, 3.8) is 0 Å². The van der Waals surface area contributed by atoms with Crippen molar-refractivity contribution in [3.8, 4) is 11.5 Å². The van der Waals surface area contributed by atoms with E-state index < -0.39 is 24.0 Å². The quantitative estimate of drug-likeness (QED) is 0.102. The monoisotopic (exact) mass is 672 g/mol. The Morgan fingerprint density at radius 2 is 0.820 bits per heavy atom. The zero-order chi connectivity index (χ0) is 35.3. The summed E-state index contributed by atoms with van der Waals surface area (Å²) < 4.78 is 10.7. The average Bonchev–Trinajstić information content (AvgIpc) is 3.14. The molecule has 0 aromatic heterocycles. The normalized spacial score (nSPS) is 12.4. The summed E-state index contributed by atoms with van der Waals surface area (Å²) in [5.41, 5.74) is 5.65. The van der Waals surface area contributed by atoms with Gasteiger partial charge in [0, 0.05) is 26.2 Å². The first-order valence-corrected chi connectivity index (χ1v) is 16.7. The van der Waals surface area contributed by atoms with E-state index in [0.717, 1.165) is 44.9 Å². The minimum Gasteiger partial charge on any atom is -0.497 e. The summed E-state index contributed by atoms with van der Waals surface area (Å²) in [6, 6.07) is 40.9. The van der Waals surface area contributed by atoms with E-state index in [-0.39, 0.29) is 0 Å². The number of benzene rings is 5. The van der Waals surface area contributed by atoms with E-state index >= 15 is 0 Å². The molecule has 50 heavy (non-hydrogen) atoms. The number of carboxylic acids is 2. The van der Waals surface area contributed by atoms with Crippen molar-refractivity contribution in [1.82, 2.24) is 9.80 Å². The predicted octanol–water partition coefficient (Wildman–Crippen LogP) is 7.10. The number of nitrogens with zero attached hydrogens (tertiary/aromatic N) is 2. The Morgan fingerprint density at radius 1 is 0.480 bits per heavy atom. The molecule has 5 aromatic carbocycles. The Kier molecular flexibility index (Phi) is 12.8. The highest BCUT2D eigenvalue weighted by Gasteiger charge is 2.29. The molecule has 5 aromatic rings. The first-order valence-electron chi connectivity index (χ1n) is 16.7.